The highest BCUT2D eigenvalue weighted by atomic mass is 19.4. The lowest BCUT2D eigenvalue weighted by Gasteiger charge is -2.32. The van der Waals surface area contributed by atoms with Crippen LogP contribution in [0.5, 0.6) is 0 Å². The van der Waals surface area contributed by atoms with Crippen LogP contribution >= 0.6 is 0 Å². The molecule has 1 saturated heterocycles. The first-order chi connectivity index (χ1) is 19.6. The maximum Gasteiger partial charge on any atom is 0.416 e. The van der Waals surface area contributed by atoms with Crippen molar-refractivity contribution >= 4 is 22.7 Å². The number of rotatable bonds is 7. The number of likely N-dealkylation sites (tertiary alicyclic amines) is 1. The highest BCUT2D eigenvalue weighted by Gasteiger charge is 2.30. The van der Waals surface area contributed by atoms with Gasteiger partial charge >= 0.3 is 6.18 Å². The molecule has 212 valence electrons. The van der Waals surface area contributed by atoms with E-state index in [1.165, 1.54) is 0 Å². The molecular weight excluding hydrogens is 529 g/mol. The summed E-state index contributed by atoms with van der Waals surface area (Å²) >= 11 is 0. The largest absolute Gasteiger partial charge is 0.436 e. The summed E-state index contributed by atoms with van der Waals surface area (Å²) in [7, 11) is 0. The van der Waals surface area contributed by atoms with Crippen LogP contribution in [-0.2, 0) is 12.7 Å². The van der Waals surface area contributed by atoms with Gasteiger partial charge in [0.2, 0.25) is 5.89 Å². The number of hydrogen-bond donors (Lipinski definition) is 1. The molecule has 0 radical (unpaired) electrons. The molecule has 6 nitrogen and oxygen atoms in total. The number of halogens is 3. The Bertz CT molecular complexity index is 1560. The van der Waals surface area contributed by atoms with Gasteiger partial charge in [0.1, 0.15) is 0 Å². The van der Waals surface area contributed by atoms with Gasteiger partial charge in [-0.15, -0.1) is 0 Å². The van der Waals surface area contributed by atoms with Crippen molar-refractivity contribution in [1.29, 1.82) is 0 Å². The average Bonchev–Trinajstić information content (AvgIpc) is 3.40. The van der Waals surface area contributed by atoms with Crippen LogP contribution in [0.1, 0.15) is 59.7 Å². The Labute approximate surface area is 237 Å². The molecule has 1 N–H and O–H groups in total. The highest BCUT2D eigenvalue weighted by molar-refractivity contribution is 5.94. The van der Waals surface area contributed by atoms with Crippen molar-refractivity contribution in [2.45, 2.75) is 45.3 Å². The predicted octanol–water partition coefficient (Wildman–Crippen LogP) is 7.83. The lowest BCUT2D eigenvalue weighted by Crippen LogP contribution is -2.38. The second-order valence-electron chi connectivity index (χ2n) is 10.9. The van der Waals surface area contributed by atoms with Crippen LogP contribution in [0.15, 0.2) is 65.1 Å². The van der Waals surface area contributed by atoms with E-state index < -0.39 is 11.7 Å². The Morgan fingerprint density at radius 1 is 1.10 bits per heavy atom. The first-order valence-electron chi connectivity index (χ1n) is 13.7. The maximum atomic E-state index is 12.8. The lowest BCUT2D eigenvalue weighted by molar-refractivity contribution is -0.137. The molecule has 1 amide bonds. The van der Waals surface area contributed by atoms with E-state index in [-0.39, 0.29) is 11.8 Å². The summed E-state index contributed by atoms with van der Waals surface area (Å²) in [6.45, 7) is 14.3. The molecule has 1 aliphatic rings. The predicted molar refractivity (Wildman–Crippen MR) is 152 cm³/mol. The van der Waals surface area contributed by atoms with E-state index in [9.17, 15) is 18.0 Å². The van der Waals surface area contributed by atoms with Crippen LogP contribution in [0, 0.1) is 12.5 Å². The van der Waals surface area contributed by atoms with Gasteiger partial charge in [0.15, 0.2) is 11.3 Å². The topological polar surface area (TPSA) is 62.7 Å². The number of carbonyl (C=O) groups excluding carboxylic acids is 1. The van der Waals surface area contributed by atoms with E-state index in [0.717, 1.165) is 54.8 Å². The number of oxazole rings is 1. The van der Waals surface area contributed by atoms with Crippen molar-refractivity contribution in [3.05, 3.63) is 94.3 Å². The summed E-state index contributed by atoms with van der Waals surface area (Å²) in [4.78, 5) is 23.2. The Morgan fingerprint density at radius 3 is 2.39 bits per heavy atom. The molecule has 5 rings (SSSR count). The molecular formula is C32H31F3N4O2. The summed E-state index contributed by atoms with van der Waals surface area (Å²) in [5, 5.41) is 3.04. The van der Waals surface area contributed by atoms with Gasteiger partial charge in [-0.25, -0.2) is 9.83 Å². The van der Waals surface area contributed by atoms with Crippen LogP contribution in [0.2, 0.25) is 0 Å². The Morgan fingerprint density at radius 2 is 1.78 bits per heavy atom. The van der Waals surface area contributed by atoms with Crippen molar-refractivity contribution in [2.75, 3.05) is 19.6 Å². The zero-order valence-corrected chi connectivity index (χ0v) is 23.0. The minimum Gasteiger partial charge on any atom is -0.436 e. The van der Waals surface area contributed by atoms with Gasteiger partial charge < -0.3 is 9.73 Å². The van der Waals surface area contributed by atoms with Crippen LogP contribution < -0.4 is 5.32 Å². The molecule has 0 unspecified atom stereocenters. The number of hydrogen-bond acceptors (Lipinski definition) is 4. The second kappa shape index (κ2) is 11.8. The Hall–Kier alpha value is -4.16. The number of amides is 1. The SMILES string of the molecule is [C-]#[N+]c1cc(C(C)C)c2oc(-c3ccc(C(=O)NCC4CCN(Cc5ccc(C(F)(F)F)cc5)CC4)cc3)nc2c1. The van der Waals surface area contributed by atoms with Gasteiger partial charge in [-0.2, -0.15) is 13.2 Å². The quantitative estimate of drug-likeness (QED) is 0.234. The molecule has 3 aromatic carbocycles. The minimum absolute atomic E-state index is 0.148. The van der Waals surface area contributed by atoms with Crippen LogP contribution in [0.25, 0.3) is 27.4 Å². The number of nitrogens with zero attached hydrogens (tertiary/aromatic N) is 3. The molecule has 1 aliphatic heterocycles. The number of benzene rings is 3. The van der Waals surface area contributed by atoms with E-state index >= 15 is 0 Å². The number of aromatic nitrogens is 1. The van der Waals surface area contributed by atoms with Gasteiger partial charge in [-0.3, -0.25) is 9.69 Å². The van der Waals surface area contributed by atoms with Gasteiger partial charge in [-0.05, 0) is 97.4 Å². The molecule has 1 aromatic heterocycles. The van der Waals surface area contributed by atoms with E-state index in [4.69, 9.17) is 11.0 Å². The second-order valence-corrected chi connectivity index (χ2v) is 10.9. The van der Waals surface area contributed by atoms with Crippen molar-refractivity contribution in [1.82, 2.24) is 15.2 Å². The summed E-state index contributed by atoms with van der Waals surface area (Å²) in [5.74, 6) is 0.818. The third kappa shape index (κ3) is 6.60. The summed E-state index contributed by atoms with van der Waals surface area (Å²) < 4.78 is 44.4. The van der Waals surface area contributed by atoms with Crippen LogP contribution in [0.3, 0.4) is 0 Å². The number of nitrogens with one attached hydrogen (secondary N) is 1. The van der Waals surface area contributed by atoms with Gasteiger partial charge in [0.05, 0.1) is 17.7 Å². The first kappa shape index (κ1) is 28.4. The number of piperidine rings is 1. The maximum absolute atomic E-state index is 12.8. The van der Waals surface area contributed by atoms with E-state index in [0.29, 0.717) is 47.2 Å². The number of fused-ring (bicyclic) bond motifs is 1. The Kier molecular flexibility index (Phi) is 8.13. The third-order valence-electron chi connectivity index (χ3n) is 7.59. The molecule has 0 atom stereocenters. The normalized spacial score (nSPS) is 14.9. The molecule has 4 aromatic rings. The first-order valence-corrected chi connectivity index (χ1v) is 13.7. The fourth-order valence-corrected chi connectivity index (χ4v) is 5.17. The molecule has 0 saturated carbocycles. The van der Waals surface area contributed by atoms with Crippen LogP contribution in [-0.4, -0.2) is 35.4 Å². The number of carbonyl (C=O) groups is 1. The number of alkyl halides is 3. The summed E-state index contributed by atoms with van der Waals surface area (Å²) in [6, 6.07) is 16.0. The van der Waals surface area contributed by atoms with Crippen molar-refractivity contribution < 1.29 is 22.4 Å². The fraction of sp³-hybridized carbons (Fsp3) is 0.344. The minimum atomic E-state index is -4.32. The standard InChI is InChI=1S/C32H31F3N4O2/c1-20(2)27-16-26(36-3)17-28-29(27)41-31(38-28)24-8-6-23(7-9-24)30(40)37-18-21-12-14-39(15-13-21)19-22-4-10-25(11-5-22)32(33,34)35/h4-11,16-17,20-21H,12-15,18-19H2,1-2H3,(H,37,40). The molecule has 1 fully saturated rings. The Balaban J connectivity index is 1.13. The fourth-order valence-electron chi connectivity index (χ4n) is 5.17. The van der Waals surface area contributed by atoms with E-state index in [1.54, 1.807) is 30.3 Å². The smallest absolute Gasteiger partial charge is 0.416 e. The highest BCUT2D eigenvalue weighted by Crippen LogP contribution is 2.34. The molecule has 9 heteroatoms. The van der Waals surface area contributed by atoms with Crippen LogP contribution in [0.4, 0.5) is 18.9 Å². The summed E-state index contributed by atoms with van der Waals surface area (Å²) in [6.07, 6.45) is -2.51. The van der Waals surface area contributed by atoms with Gasteiger partial charge in [0.25, 0.3) is 5.91 Å². The monoisotopic (exact) mass is 560 g/mol. The van der Waals surface area contributed by atoms with Gasteiger partial charge in [-0.1, -0.05) is 26.0 Å². The average molecular weight is 561 g/mol. The van der Waals surface area contributed by atoms with E-state index in [2.05, 4.69) is 20.0 Å². The molecule has 0 spiro atoms. The van der Waals surface area contributed by atoms with Crippen molar-refractivity contribution in [2.24, 2.45) is 5.92 Å². The third-order valence-corrected chi connectivity index (χ3v) is 7.59. The summed E-state index contributed by atoms with van der Waals surface area (Å²) in [5.41, 5.74) is 4.30. The molecule has 0 bridgehead atoms. The van der Waals surface area contributed by atoms with Crippen molar-refractivity contribution in [3.63, 3.8) is 0 Å². The van der Waals surface area contributed by atoms with E-state index in [1.807, 2.05) is 32.0 Å². The van der Waals surface area contributed by atoms with Gasteiger partial charge in [0, 0.05) is 24.2 Å². The molecule has 2 heterocycles. The zero-order chi connectivity index (χ0) is 29.1. The lowest BCUT2D eigenvalue weighted by atomic mass is 9.96. The molecule has 41 heavy (non-hydrogen) atoms. The molecule has 0 aliphatic carbocycles. The van der Waals surface area contributed by atoms with Crippen molar-refractivity contribution in [3.8, 4) is 11.5 Å². The zero-order valence-electron chi connectivity index (χ0n) is 23.0.